The summed E-state index contributed by atoms with van der Waals surface area (Å²) in [5.74, 6) is 0.0936. The average molecular weight is 203 g/mol. The van der Waals surface area contributed by atoms with Crippen LogP contribution in [-0.4, -0.2) is 20.1 Å². The number of pyridine rings is 1. The number of rotatable bonds is 1. The maximum atomic E-state index is 11.4. The van der Waals surface area contributed by atoms with Crippen LogP contribution in [0.4, 0.5) is 0 Å². The number of aromatic hydroxyl groups is 1. The van der Waals surface area contributed by atoms with Gasteiger partial charge in [0.1, 0.15) is 5.82 Å². The summed E-state index contributed by atoms with van der Waals surface area (Å²) >= 11 is 0. The molecule has 0 aliphatic heterocycles. The van der Waals surface area contributed by atoms with Crippen molar-refractivity contribution in [2.24, 2.45) is 0 Å². The van der Waals surface area contributed by atoms with E-state index in [-0.39, 0.29) is 17.0 Å². The van der Waals surface area contributed by atoms with Crippen LogP contribution in [0.25, 0.3) is 11.4 Å². The monoisotopic (exact) mass is 203 g/mol. The molecule has 0 aliphatic rings. The molecule has 0 fully saturated rings. The first kappa shape index (κ1) is 9.39. The number of nitrogens with one attached hydrogen (secondary N) is 1. The second-order valence-corrected chi connectivity index (χ2v) is 3.10. The predicted octanol–water partition coefficient (Wildman–Crippen LogP) is 0.846. The van der Waals surface area contributed by atoms with Gasteiger partial charge in [-0.15, -0.1) is 0 Å². The fraction of sp³-hybridized carbons (Fsp3) is 0.100. The minimum Gasteiger partial charge on any atom is -0.493 e. The molecular formula is C10H9N3O2. The van der Waals surface area contributed by atoms with E-state index in [1.165, 1.54) is 6.92 Å². The van der Waals surface area contributed by atoms with Crippen molar-refractivity contribution in [1.29, 1.82) is 0 Å². The quantitative estimate of drug-likeness (QED) is 0.720. The number of aromatic nitrogens is 3. The molecule has 2 N–H and O–H groups in total. The van der Waals surface area contributed by atoms with Crippen LogP contribution in [0.3, 0.4) is 0 Å². The van der Waals surface area contributed by atoms with E-state index in [0.717, 1.165) is 0 Å². The molecule has 0 aliphatic carbocycles. The molecule has 15 heavy (non-hydrogen) atoms. The molecule has 0 saturated carbocycles. The summed E-state index contributed by atoms with van der Waals surface area (Å²) in [4.78, 5) is 21.7. The van der Waals surface area contributed by atoms with Crippen molar-refractivity contribution in [3.05, 3.63) is 40.4 Å². The highest BCUT2D eigenvalue weighted by Gasteiger charge is 2.06. The van der Waals surface area contributed by atoms with Gasteiger partial charge in [0, 0.05) is 18.0 Å². The number of H-pyrrole nitrogens is 1. The summed E-state index contributed by atoms with van der Waals surface area (Å²) in [5.41, 5.74) is 0.583. The van der Waals surface area contributed by atoms with E-state index in [1.807, 2.05) is 0 Å². The molecule has 0 amide bonds. The number of nitrogens with zero attached hydrogens (tertiary/aromatic N) is 2. The minimum absolute atomic E-state index is 0.216. The van der Waals surface area contributed by atoms with Gasteiger partial charge in [-0.1, -0.05) is 0 Å². The van der Waals surface area contributed by atoms with E-state index in [0.29, 0.717) is 11.4 Å². The van der Waals surface area contributed by atoms with Gasteiger partial charge in [0.2, 0.25) is 5.88 Å². The highest BCUT2D eigenvalue weighted by Crippen LogP contribution is 2.15. The van der Waals surface area contributed by atoms with Crippen LogP contribution in [0.15, 0.2) is 29.3 Å². The molecule has 2 heterocycles. The molecule has 0 spiro atoms. The van der Waals surface area contributed by atoms with Gasteiger partial charge in [-0.05, 0) is 19.1 Å². The molecule has 0 radical (unpaired) electrons. The average Bonchev–Trinajstić information content (AvgIpc) is 2.26. The lowest BCUT2D eigenvalue weighted by Gasteiger charge is -2.02. The summed E-state index contributed by atoms with van der Waals surface area (Å²) in [7, 11) is 0. The van der Waals surface area contributed by atoms with Gasteiger partial charge in [-0.2, -0.15) is 4.98 Å². The normalized spacial score (nSPS) is 10.2. The van der Waals surface area contributed by atoms with Crippen molar-refractivity contribution in [1.82, 2.24) is 15.0 Å². The topological polar surface area (TPSA) is 78.9 Å². The van der Waals surface area contributed by atoms with Crippen LogP contribution >= 0.6 is 0 Å². The van der Waals surface area contributed by atoms with Crippen LogP contribution in [0.1, 0.15) is 5.56 Å². The zero-order chi connectivity index (χ0) is 10.8. The Hall–Kier alpha value is -2.17. The Bertz CT molecular complexity index is 534. The largest absolute Gasteiger partial charge is 0.493 e. The molecule has 2 aromatic heterocycles. The van der Waals surface area contributed by atoms with Crippen molar-refractivity contribution >= 4 is 0 Å². The zero-order valence-electron chi connectivity index (χ0n) is 8.06. The lowest BCUT2D eigenvalue weighted by atomic mass is 10.2. The first-order valence-electron chi connectivity index (χ1n) is 4.39. The number of hydrogen-bond donors (Lipinski definition) is 2. The van der Waals surface area contributed by atoms with E-state index >= 15 is 0 Å². The zero-order valence-corrected chi connectivity index (χ0v) is 8.06. The molecule has 76 valence electrons. The first-order chi connectivity index (χ1) is 7.18. The van der Waals surface area contributed by atoms with E-state index in [4.69, 9.17) is 0 Å². The van der Waals surface area contributed by atoms with Crippen LogP contribution in [-0.2, 0) is 0 Å². The van der Waals surface area contributed by atoms with Gasteiger partial charge >= 0.3 is 0 Å². The van der Waals surface area contributed by atoms with E-state index in [2.05, 4.69) is 15.0 Å². The maximum Gasteiger partial charge on any atom is 0.257 e. The van der Waals surface area contributed by atoms with E-state index in [1.54, 1.807) is 24.5 Å². The van der Waals surface area contributed by atoms with Crippen molar-refractivity contribution in [3.8, 4) is 17.3 Å². The lowest BCUT2D eigenvalue weighted by Crippen LogP contribution is -2.12. The summed E-state index contributed by atoms with van der Waals surface area (Å²) < 4.78 is 0. The fourth-order valence-corrected chi connectivity index (χ4v) is 1.17. The van der Waals surface area contributed by atoms with E-state index < -0.39 is 0 Å². The molecule has 0 aromatic carbocycles. The Labute approximate surface area is 85.5 Å². The van der Waals surface area contributed by atoms with Gasteiger partial charge in [0.05, 0.1) is 5.56 Å². The fourth-order valence-electron chi connectivity index (χ4n) is 1.17. The van der Waals surface area contributed by atoms with Gasteiger partial charge in [0.15, 0.2) is 0 Å². The predicted molar refractivity (Wildman–Crippen MR) is 54.5 cm³/mol. The first-order valence-corrected chi connectivity index (χ1v) is 4.39. The molecule has 0 unspecified atom stereocenters. The van der Waals surface area contributed by atoms with Crippen molar-refractivity contribution in [2.75, 3.05) is 0 Å². The van der Waals surface area contributed by atoms with Gasteiger partial charge in [-0.3, -0.25) is 9.78 Å². The lowest BCUT2D eigenvalue weighted by molar-refractivity contribution is 0.447. The third-order valence-corrected chi connectivity index (χ3v) is 2.08. The molecular weight excluding hydrogens is 194 g/mol. The standard InChI is InChI=1S/C10H9N3O2/c1-6-9(14)12-8(13-10(6)15)7-2-4-11-5-3-7/h2-5H,1H3,(H2,12,13,14,15). The van der Waals surface area contributed by atoms with Crippen molar-refractivity contribution in [3.63, 3.8) is 0 Å². The Morgan fingerprint density at radius 3 is 2.60 bits per heavy atom. The van der Waals surface area contributed by atoms with Crippen LogP contribution in [0, 0.1) is 6.92 Å². The molecule has 5 heteroatoms. The molecule has 0 atom stereocenters. The Balaban J connectivity index is 2.61. The smallest absolute Gasteiger partial charge is 0.257 e. The highest BCUT2D eigenvalue weighted by molar-refractivity contribution is 5.54. The second kappa shape index (κ2) is 3.53. The third-order valence-electron chi connectivity index (χ3n) is 2.08. The molecule has 2 rings (SSSR count). The summed E-state index contributed by atoms with van der Waals surface area (Å²) in [5, 5.41) is 9.40. The Morgan fingerprint density at radius 2 is 2.00 bits per heavy atom. The summed E-state index contributed by atoms with van der Waals surface area (Å²) in [6.07, 6.45) is 3.18. The van der Waals surface area contributed by atoms with E-state index in [9.17, 15) is 9.90 Å². The van der Waals surface area contributed by atoms with Gasteiger partial charge in [-0.25, -0.2) is 0 Å². The van der Waals surface area contributed by atoms with Gasteiger partial charge in [0.25, 0.3) is 5.56 Å². The number of hydrogen-bond acceptors (Lipinski definition) is 4. The maximum absolute atomic E-state index is 11.4. The van der Waals surface area contributed by atoms with Crippen molar-refractivity contribution in [2.45, 2.75) is 6.92 Å². The summed E-state index contributed by atoms with van der Waals surface area (Å²) in [6, 6.07) is 3.40. The van der Waals surface area contributed by atoms with Gasteiger partial charge < -0.3 is 10.1 Å². The Kier molecular flexibility index (Phi) is 2.21. The van der Waals surface area contributed by atoms with Crippen LogP contribution < -0.4 is 5.56 Å². The van der Waals surface area contributed by atoms with Crippen molar-refractivity contribution < 1.29 is 5.11 Å². The molecule has 0 bridgehead atoms. The molecule has 5 nitrogen and oxygen atoms in total. The number of aromatic amines is 1. The molecule has 2 aromatic rings. The van der Waals surface area contributed by atoms with Crippen LogP contribution in [0.2, 0.25) is 0 Å². The third kappa shape index (κ3) is 1.71. The van der Waals surface area contributed by atoms with Crippen LogP contribution in [0.5, 0.6) is 5.88 Å². The summed E-state index contributed by atoms with van der Waals surface area (Å²) in [6.45, 7) is 1.51. The Morgan fingerprint density at radius 1 is 1.33 bits per heavy atom. The molecule has 0 saturated heterocycles. The SMILES string of the molecule is Cc1c(O)nc(-c2ccncc2)[nH]c1=O. The minimum atomic E-state index is -0.339. The highest BCUT2D eigenvalue weighted by atomic mass is 16.3. The second-order valence-electron chi connectivity index (χ2n) is 3.10.